The lowest BCUT2D eigenvalue weighted by molar-refractivity contribution is -0.153. The minimum atomic E-state index is -4.47. The Morgan fingerprint density at radius 3 is 2.61 bits per heavy atom. The van der Waals surface area contributed by atoms with E-state index < -0.39 is 24.7 Å². The second-order valence-electron chi connectivity index (χ2n) is 4.39. The molecule has 23 heavy (non-hydrogen) atoms. The van der Waals surface area contributed by atoms with E-state index >= 15 is 0 Å². The fraction of sp³-hybridized carbons (Fsp3) is 0.143. The Hall–Kier alpha value is -2.97. The molecule has 2 N–H and O–H groups in total. The van der Waals surface area contributed by atoms with Crippen LogP contribution in [-0.4, -0.2) is 29.8 Å². The molecule has 0 aliphatic heterocycles. The Morgan fingerprint density at radius 1 is 1.26 bits per heavy atom. The average Bonchev–Trinajstić information content (AvgIpc) is 2.95. The van der Waals surface area contributed by atoms with Crippen molar-refractivity contribution in [3.8, 4) is 5.75 Å². The number of amides is 1. The highest BCUT2D eigenvalue weighted by atomic mass is 19.4. The van der Waals surface area contributed by atoms with Gasteiger partial charge in [-0.15, -0.1) is 0 Å². The fourth-order valence-corrected chi connectivity index (χ4v) is 1.59. The quantitative estimate of drug-likeness (QED) is 0.879. The Kier molecular flexibility index (Phi) is 4.58. The van der Waals surface area contributed by atoms with Crippen LogP contribution in [0.3, 0.4) is 0 Å². The van der Waals surface area contributed by atoms with E-state index in [0.29, 0.717) is 0 Å². The molecule has 2 aromatic rings. The van der Waals surface area contributed by atoms with Crippen LogP contribution < -0.4 is 10.1 Å². The molecule has 1 heterocycles. The van der Waals surface area contributed by atoms with Gasteiger partial charge in [0.25, 0.3) is 5.91 Å². The Bertz CT molecular complexity index is 723. The van der Waals surface area contributed by atoms with Crippen molar-refractivity contribution in [2.24, 2.45) is 0 Å². The molecule has 0 saturated heterocycles. The van der Waals surface area contributed by atoms with Crippen LogP contribution in [0.4, 0.5) is 18.9 Å². The number of carbonyl (C=O) groups is 2. The highest BCUT2D eigenvalue weighted by Crippen LogP contribution is 2.22. The van der Waals surface area contributed by atoms with Crippen LogP contribution in [0.1, 0.15) is 20.9 Å². The molecule has 122 valence electrons. The zero-order valence-electron chi connectivity index (χ0n) is 11.4. The molecule has 0 radical (unpaired) electrons. The molecule has 0 aliphatic carbocycles. The standard InChI is InChI=1S/C14H10F3NO5/c15-14(16,17)7-23-10-3-1-2-9(5-10)18-12(19)11-4-8(6-22-11)13(20)21/h1-6H,7H2,(H,18,19)(H,20,21). The van der Waals surface area contributed by atoms with Gasteiger partial charge in [-0.1, -0.05) is 6.07 Å². The van der Waals surface area contributed by atoms with E-state index in [0.717, 1.165) is 12.3 Å². The molecule has 1 amide bonds. The van der Waals surface area contributed by atoms with Crippen LogP contribution in [0, 0.1) is 0 Å². The van der Waals surface area contributed by atoms with Crippen molar-refractivity contribution >= 4 is 17.6 Å². The summed E-state index contributed by atoms with van der Waals surface area (Å²) in [6.45, 7) is -1.45. The summed E-state index contributed by atoms with van der Waals surface area (Å²) in [4.78, 5) is 22.6. The van der Waals surface area contributed by atoms with Crippen molar-refractivity contribution < 1.29 is 37.0 Å². The van der Waals surface area contributed by atoms with Crippen LogP contribution in [0.5, 0.6) is 5.75 Å². The van der Waals surface area contributed by atoms with Gasteiger partial charge in [0.2, 0.25) is 0 Å². The molecule has 0 aliphatic rings. The van der Waals surface area contributed by atoms with E-state index in [9.17, 15) is 22.8 Å². The molecule has 0 atom stereocenters. The lowest BCUT2D eigenvalue weighted by Crippen LogP contribution is -2.19. The maximum absolute atomic E-state index is 12.1. The van der Waals surface area contributed by atoms with Crippen molar-refractivity contribution in [1.29, 1.82) is 0 Å². The molecule has 1 aromatic heterocycles. The van der Waals surface area contributed by atoms with Gasteiger partial charge in [0.1, 0.15) is 12.0 Å². The van der Waals surface area contributed by atoms with Gasteiger partial charge in [-0.2, -0.15) is 13.2 Å². The Balaban J connectivity index is 2.04. The van der Waals surface area contributed by atoms with Crippen LogP contribution in [0.25, 0.3) is 0 Å². The number of ether oxygens (including phenoxy) is 1. The second kappa shape index (κ2) is 6.42. The molecule has 0 fully saturated rings. The van der Waals surface area contributed by atoms with Gasteiger partial charge >= 0.3 is 12.1 Å². The number of carboxylic acid groups (broad SMARTS) is 1. The first kappa shape index (κ1) is 16.4. The van der Waals surface area contributed by atoms with Crippen molar-refractivity contribution in [2.75, 3.05) is 11.9 Å². The first-order valence-electron chi connectivity index (χ1n) is 6.17. The Morgan fingerprint density at radius 2 is 2.00 bits per heavy atom. The molecule has 6 nitrogen and oxygen atoms in total. The summed E-state index contributed by atoms with van der Waals surface area (Å²) in [5.74, 6) is -2.32. The van der Waals surface area contributed by atoms with E-state index in [4.69, 9.17) is 9.52 Å². The smallest absolute Gasteiger partial charge is 0.422 e. The number of carbonyl (C=O) groups excluding carboxylic acids is 1. The number of benzene rings is 1. The van der Waals surface area contributed by atoms with Gasteiger partial charge in [-0.3, -0.25) is 4.79 Å². The highest BCUT2D eigenvalue weighted by molar-refractivity contribution is 6.03. The van der Waals surface area contributed by atoms with Gasteiger partial charge in [0.05, 0.1) is 5.56 Å². The number of anilines is 1. The summed E-state index contributed by atoms with van der Waals surface area (Å²) >= 11 is 0. The third-order valence-corrected chi connectivity index (χ3v) is 2.56. The van der Waals surface area contributed by atoms with Gasteiger partial charge in [-0.25, -0.2) is 4.79 Å². The monoisotopic (exact) mass is 329 g/mol. The first-order chi connectivity index (χ1) is 10.7. The highest BCUT2D eigenvalue weighted by Gasteiger charge is 2.28. The summed E-state index contributed by atoms with van der Waals surface area (Å²) in [6, 6.07) is 6.36. The van der Waals surface area contributed by atoms with Gasteiger partial charge < -0.3 is 19.6 Å². The summed E-state index contributed by atoms with van der Waals surface area (Å²) in [5, 5.41) is 11.1. The van der Waals surface area contributed by atoms with E-state index in [1.807, 2.05) is 0 Å². The molecule has 0 spiro atoms. The number of rotatable bonds is 5. The van der Waals surface area contributed by atoms with Crippen LogP contribution >= 0.6 is 0 Å². The third-order valence-electron chi connectivity index (χ3n) is 2.56. The normalized spacial score (nSPS) is 11.1. The van der Waals surface area contributed by atoms with Gasteiger partial charge in [0.15, 0.2) is 12.4 Å². The molecule has 0 saturated carbocycles. The zero-order valence-corrected chi connectivity index (χ0v) is 11.4. The zero-order chi connectivity index (χ0) is 17.0. The minimum absolute atomic E-state index is 0.0780. The van der Waals surface area contributed by atoms with Crippen molar-refractivity contribution in [1.82, 2.24) is 0 Å². The summed E-state index contributed by atoms with van der Waals surface area (Å²) < 4.78 is 45.6. The average molecular weight is 329 g/mol. The van der Waals surface area contributed by atoms with Crippen molar-refractivity contribution in [3.05, 3.63) is 47.9 Å². The molecule has 9 heteroatoms. The second-order valence-corrected chi connectivity index (χ2v) is 4.39. The fourth-order valence-electron chi connectivity index (χ4n) is 1.59. The van der Waals surface area contributed by atoms with Gasteiger partial charge in [-0.05, 0) is 12.1 Å². The number of nitrogens with one attached hydrogen (secondary N) is 1. The van der Waals surface area contributed by atoms with E-state index in [1.165, 1.54) is 24.3 Å². The van der Waals surface area contributed by atoms with E-state index in [2.05, 4.69) is 10.1 Å². The summed E-state index contributed by atoms with van der Waals surface area (Å²) in [6.07, 6.45) is -3.57. The van der Waals surface area contributed by atoms with Gasteiger partial charge in [0, 0.05) is 17.8 Å². The lowest BCUT2D eigenvalue weighted by atomic mass is 10.2. The van der Waals surface area contributed by atoms with E-state index in [1.54, 1.807) is 0 Å². The SMILES string of the molecule is O=C(O)c1coc(C(=O)Nc2cccc(OCC(F)(F)F)c2)c1. The summed E-state index contributed by atoms with van der Waals surface area (Å²) in [7, 11) is 0. The number of hydrogen-bond donors (Lipinski definition) is 2. The minimum Gasteiger partial charge on any atom is -0.484 e. The predicted molar refractivity (Wildman–Crippen MR) is 71.6 cm³/mol. The van der Waals surface area contributed by atoms with Crippen molar-refractivity contribution in [2.45, 2.75) is 6.18 Å². The third kappa shape index (κ3) is 4.77. The number of alkyl halides is 3. The maximum Gasteiger partial charge on any atom is 0.422 e. The van der Waals surface area contributed by atoms with Crippen LogP contribution in [-0.2, 0) is 0 Å². The molecule has 2 rings (SSSR count). The molecule has 0 unspecified atom stereocenters. The summed E-state index contributed by atoms with van der Waals surface area (Å²) in [5.41, 5.74) is -0.0274. The number of halogens is 3. The molecular weight excluding hydrogens is 319 g/mol. The maximum atomic E-state index is 12.1. The van der Waals surface area contributed by atoms with Crippen molar-refractivity contribution in [3.63, 3.8) is 0 Å². The number of hydrogen-bond acceptors (Lipinski definition) is 4. The largest absolute Gasteiger partial charge is 0.484 e. The number of carboxylic acids is 1. The molecule has 0 bridgehead atoms. The molecule has 1 aromatic carbocycles. The van der Waals surface area contributed by atoms with E-state index in [-0.39, 0.29) is 22.8 Å². The van der Waals surface area contributed by atoms with Crippen LogP contribution in [0.2, 0.25) is 0 Å². The van der Waals surface area contributed by atoms with Crippen LogP contribution in [0.15, 0.2) is 41.0 Å². The number of aromatic carboxylic acids is 1. The first-order valence-corrected chi connectivity index (χ1v) is 6.17. The Labute approximate surface area is 127 Å². The predicted octanol–water partition coefficient (Wildman–Crippen LogP) is 3.17. The number of furan rings is 1. The molecular formula is C14H10F3NO5. The topological polar surface area (TPSA) is 88.8 Å². The lowest BCUT2D eigenvalue weighted by Gasteiger charge is -2.10.